The minimum Gasteiger partial charge on any atom is -0.495 e. The quantitative estimate of drug-likeness (QED) is 0.567. The average Bonchev–Trinajstić information content (AvgIpc) is 3.27. The number of para-hydroxylation sites is 1. The van der Waals surface area contributed by atoms with Gasteiger partial charge in [-0.3, -0.25) is 14.9 Å². The van der Waals surface area contributed by atoms with Crippen molar-refractivity contribution < 1.29 is 14.3 Å². The molecular weight excluding hydrogens is 457 g/mol. The number of amides is 2. The van der Waals surface area contributed by atoms with Crippen LogP contribution in [0, 0.1) is 5.92 Å². The predicted octanol–water partition coefficient (Wildman–Crippen LogP) is 4.52. The van der Waals surface area contributed by atoms with Crippen LogP contribution in [-0.2, 0) is 15.1 Å². The molecule has 4 rings (SSSR count). The van der Waals surface area contributed by atoms with E-state index in [9.17, 15) is 9.59 Å². The van der Waals surface area contributed by atoms with E-state index >= 15 is 0 Å². The van der Waals surface area contributed by atoms with E-state index in [0.29, 0.717) is 39.2 Å². The Morgan fingerprint density at radius 1 is 1.32 bits per heavy atom. The van der Waals surface area contributed by atoms with E-state index in [2.05, 4.69) is 16.0 Å². The van der Waals surface area contributed by atoms with Crippen LogP contribution in [0.5, 0.6) is 5.75 Å². The van der Waals surface area contributed by atoms with Gasteiger partial charge in [-0.05, 0) is 49.1 Å². The molecule has 0 saturated carbocycles. The first kappa shape index (κ1) is 22.3. The molecule has 3 atom stereocenters. The van der Waals surface area contributed by atoms with Gasteiger partial charge in [-0.15, -0.1) is 0 Å². The van der Waals surface area contributed by atoms with Gasteiger partial charge in [0, 0.05) is 16.6 Å². The molecule has 1 spiro atoms. The van der Waals surface area contributed by atoms with Crippen LogP contribution < -0.4 is 20.7 Å². The second-order valence-corrected chi connectivity index (χ2v) is 9.50. The monoisotopic (exact) mass is 479 g/mol. The molecule has 0 radical (unpaired) electrons. The topological polar surface area (TPSA) is 79.5 Å². The zero-order valence-electron chi connectivity index (χ0n) is 17.1. The number of methoxy groups -OCH3 is 1. The van der Waals surface area contributed by atoms with E-state index in [1.807, 2.05) is 12.3 Å². The molecule has 164 valence electrons. The number of hydrogen-bond acceptors (Lipinski definition) is 5. The second kappa shape index (κ2) is 8.90. The Morgan fingerprint density at radius 3 is 2.87 bits per heavy atom. The van der Waals surface area contributed by atoms with Crippen molar-refractivity contribution in [3.05, 3.63) is 52.0 Å². The molecule has 2 amide bonds. The van der Waals surface area contributed by atoms with Gasteiger partial charge >= 0.3 is 0 Å². The molecule has 0 bridgehead atoms. The number of thioether (sulfide) groups is 1. The molecule has 2 aliphatic rings. The van der Waals surface area contributed by atoms with Crippen LogP contribution in [0.3, 0.4) is 0 Å². The van der Waals surface area contributed by atoms with Gasteiger partial charge in [-0.2, -0.15) is 11.8 Å². The van der Waals surface area contributed by atoms with Gasteiger partial charge in [-0.1, -0.05) is 35.3 Å². The predicted molar refractivity (Wildman–Crippen MR) is 126 cm³/mol. The number of anilines is 2. The highest BCUT2D eigenvalue weighted by Gasteiger charge is 2.60. The minimum absolute atomic E-state index is 0.0140. The SMILES string of the molecule is COc1ccc(Cl)cc1NC(=O)[C@H]1C[C@@H](CCSC)N[C@]12C(=O)Nc1c(Cl)cccc12. The third-order valence-electron chi connectivity index (χ3n) is 5.92. The summed E-state index contributed by atoms with van der Waals surface area (Å²) in [6.07, 6.45) is 3.41. The number of benzene rings is 2. The Hall–Kier alpha value is -1.93. The van der Waals surface area contributed by atoms with Gasteiger partial charge in [0.25, 0.3) is 0 Å². The number of carbonyl (C=O) groups excluding carboxylic acids is 2. The zero-order chi connectivity index (χ0) is 22.2. The summed E-state index contributed by atoms with van der Waals surface area (Å²) in [7, 11) is 1.53. The molecule has 0 aromatic heterocycles. The maximum absolute atomic E-state index is 13.5. The van der Waals surface area contributed by atoms with Crippen LogP contribution >= 0.6 is 35.0 Å². The first-order chi connectivity index (χ1) is 14.9. The number of fused-ring (bicyclic) bond motifs is 2. The van der Waals surface area contributed by atoms with Gasteiger partial charge in [0.2, 0.25) is 11.8 Å². The highest BCUT2D eigenvalue weighted by molar-refractivity contribution is 7.98. The van der Waals surface area contributed by atoms with E-state index in [-0.39, 0.29) is 17.9 Å². The Kier molecular flexibility index (Phi) is 6.40. The van der Waals surface area contributed by atoms with Crippen LogP contribution in [0.15, 0.2) is 36.4 Å². The summed E-state index contributed by atoms with van der Waals surface area (Å²) in [5.74, 6) is 0.246. The van der Waals surface area contributed by atoms with E-state index in [4.69, 9.17) is 27.9 Å². The number of halogens is 2. The van der Waals surface area contributed by atoms with Gasteiger partial charge in [0.15, 0.2) is 0 Å². The maximum Gasteiger partial charge on any atom is 0.250 e. The summed E-state index contributed by atoms with van der Waals surface area (Å²) in [5, 5.41) is 10.2. The molecule has 2 heterocycles. The van der Waals surface area contributed by atoms with E-state index < -0.39 is 11.5 Å². The molecule has 3 N–H and O–H groups in total. The van der Waals surface area contributed by atoms with Crippen molar-refractivity contribution in [3.8, 4) is 5.75 Å². The van der Waals surface area contributed by atoms with Gasteiger partial charge in [-0.25, -0.2) is 0 Å². The van der Waals surface area contributed by atoms with Crippen molar-refractivity contribution in [1.82, 2.24) is 5.32 Å². The lowest BCUT2D eigenvalue weighted by molar-refractivity contribution is -0.130. The van der Waals surface area contributed by atoms with Gasteiger partial charge in [0.05, 0.1) is 29.4 Å². The first-order valence-electron chi connectivity index (χ1n) is 9.92. The molecule has 31 heavy (non-hydrogen) atoms. The van der Waals surface area contributed by atoms with Crippen LogP contribution in [0.2, 0.25) is 10.0 Å². The highest BCUT2D eigenvalue weighted by Crippen LogP contribution is 2.49. The molecule has 0 unspecified atom stereocenters. The van der Waals surface area contributed by atoms with Crippen molar-refractivity contribution in [3.63, 3.8) is 0 Å². The van der Waals surface area contributed by atoms with Crippen molar-refractivity contribution >= 4 is 58.2 Å². The Labute approximate surface area is 195 Å². The average molecular weight is 480 g/mol. The number of ether oxygens (including phenoxy) is 1. The number of nitrogens with one attached hydrogen (secondary N) is 3. The second-order valence-electron chi connectivity index (χ2n) is 7.67. The standard InChI is InChI=1S/C22H23Cl2N3O3S/c1-30-18-7-6-12(23)10-17(18)25-20(28)15-11-13(8-9-31-2)27-22(15)14-4-3-5-16(24)19(14)26-21(22)29/h3-7,10,13,15,27H,8-9,11H2,1-2H3,(H,25,28)(H,26,29)/t13-,15-,22+/m1/s1. The fourth-order valence-electron chi connectivity index (χ4n) is 4.50. The van der Waals surface area contributed by atoms with Crippen molar-refractivity contribution in [2.45, 2.75) is 24.4 Å². The normalized spacial score (nSPS) is 24.2. The molecule has 2 aliphatic heterocycles. The summed E-state index contributed by atoms with van der Waals surface area (Å²) in [6.45, 7) is 0. The lowest BCUT2D eigenvalue weighted by atomic mass is 9.79. The van der Waals surface area contributed by atoms with E-state index in [0.717, 1.165) is 12.2 Å². The van der Waals surface area contributed by atoms with Crippen LogP contribution in [0.1, 0.15) is 18.4 Å². The van der Waals surface area contributed by atoms with Crippen LogP contribution in [-0.4, -0.2) is 37.0 Å². The molecule has 9 heteroatoms. The molecule has 1 saturated heterocycles. The molecule has 2 aromatic rings. The smallest absolute Gasteiger partial charge is 0.250 e. The molecule has 6 nitrogen and oxygen atoms in total. The molecule has 1 fully saturated rings. The fourth-order valence-corrected chi connectivity index (χ4v) is 5.41. The summed E-state index contributed by atoms with van der Waals surface area (Å²) in [6, 6.07) is 10.4. The zero-order valence-corrected chi connectivity index (χ0v) is 19.5. The summed E-state index contributed by atoms with van der Waals surface area (Å²) >= 11 is 14.2. The van der Waals surface area contributed by atoms with E-state index in [1.165, 1.54) is 7.11 Å². The first-order valence-corrected chi connectivity index (χ1v) is 12.1. The van der Waals surface area contributed by atoms with Crippen molar-refractivity contribution in [2.75, 3.05) is 29.8 Å². The summed E-state index contributed by atoms with van der Waals surface area (Å²) < 4.78 is 5.36. The lowest BCUT2D eigenvalue weighted by Gasteiger charge is -2.29. The third-order valence-corrected chi connectivity index (χ3v) is 7.11. The lowest BCUT2D eigenvalue weighted by Crippen LogP contribution is -2.52. The number of rotatable bonds is 6. The van der Waals surface area contributed by atoms with Gasteiger partial charge in [0.1, 0.15) is 11.3 Å². The van der Waals surface area contributed by atoms with Crippen LogP contribution in [0.25, 0.3) is 0 Å². The number of carbonyl (C=O) groups is 2. The largest absolute Gasteiger partial charge is 0.495 e. The van der Waals surface area contributed by atoms with Crippen molar-refractivity contribution in [2.24, 2.45) is 5.92 Å². The summed E-state index contributed by atoms with van der Waals surface area (Å²) in [4.78, 5) is 26.9. The van der Waals surface area contributed by atoms with Gasteiger partial charge < -0.3 is 15.4 Å². The number of hydrogen-bond donors (Lipinski definition) is 3. The maximum atomic E-state index is 13.5. The van der Waals surface area contributed by atoms with Crippen LogP contribution in [0.4, 0.5) is 11.4 Å². The Bertz CT molecular complexity index is 1040. The molecule has 2 aromatic carbocycles. The molecule has 0 aliphatic carbocycles. The fraction of sp³-hybridized carbons (Fsp3) is 0.364. The third kappa shape index (κ3) is 3.89. The summed E-state index contributed by atoms with van der Waals surface area (Å²) in [5.41, 5.74) is 0.548. The highest BCUT2D eigenvalue weighted by atomic mass is 35.5. The Morgan fingerprint density at radius 2 is 2.13 bits per heavy atom. The van der Waals surface area contributed by atoms with E-state index in [1.54, 1.807) is 42.1 Å². The minimum atomic E-state index is -1.18. The molecular formula is C22H23Cl2N3O3S. The Balaban J connectivity index is 1.73. The van der Waals surface area contributed by atoms with Crippen molar-refractivity contribution in [1.29, 1.82) is 0 Å².